The Hall–Kier alpha value is -3.68. The van der Waals surface area contributed by atoms with E-state index in [0.29, 0.717) is 30.0 Å². The fourth-order valence-corrected chi connectivity index (χ4v) is 5.20. The van der Waals surface area contributed by atoms with Gasteiger partial charge in [-0.3, -0.25) is 9.79 Å². The predicted molar refractivity (Wildman–Crippen MR) is 138 cm³/mol. The number of nitrogens with zero attached hydrogens (tertiary/aromatic N) is 2. The summed E-state index contributed by atoms with van der Waals surface area (Å²) in [5.74, 6) is 0.0784. The maximum atomic E-state index is 13.5. The average molecular weight is 481 g/mol. The third-order valence-corrected chi connectivity index (χ3v) is 7.11. The van der Waals surface area contributed by atoms with E-state index in [0.717, 1.165) is 33.8 Å². The van der Waals surface area contributed by atoms with Crippen LogP contribution in [0.2, 0.25) is 5.02 Å². The Kier molecular flexibility index (Phi) is 6.53. The molecule has 1 unspecified atom stereocenters. The summed E-state index contributed by atoms with van der Waals surface area (Å²) in [6, 6.07) is 27.8. The van der Waals surface area contributed by atoms with Crippen molar-refractivity contribution in [3.05, 3.63) is 112 Å². The summed E-state index contributed by atoms with van der Waals surface area (Å²) < 4.78 is 5.93. The number of benzene rings is 3. The fourth-order valence-electron chi connectivity index (χ4n) is 5.07. The van der Waals surface area contributed by atoms with Crippen molar-refractivity contribution >= 4 is 23.1 Å². The molecule has 4 nitrogen and oxygen atoms in total. The largest absolute Gasteiger partial charge is 0.489 e. The number of Topliss-reactive ketones (excluding diaryl/α,β-unsaturated/α-hetero) is 1. The van der Waals surface area contributed by atoms with Gasteiger partial charge < -0.3 is 4.74 Å². The Morgan fingerprint density at radius 3 is 2.34 bits per heavy atom. The number of aliphatic imine (C=N–C) groups is 1. The predicted octanol–water partition coefficient (Wildman–Crippen LogP) is 7.02. The highest BCUT2D eigenvalue weighted by Crippen LogP contribution is 2.46. The number of allylic oxidation sites excluding steroid dienone is 2. The molecular formula is C30H25ClN2O2. The van der Waals surface area contributed by atoms with Gasteiger partial charge in [0.15, 0.2) is 5.78 Å². The molecule has 0 aromatic heterocycles. The maximum Gasteiger partial charge on any atom is 0.161 e. The van der Waals surface area contributed by atoms with Gasteiger partial charge in [0.25, 0.3) is 0 Å². The zero-order chi connectivity index (χ0) is 24.4. The molecule has 0 spiro atoms. The Morgan fingerprint density at radius 1 is 0.971 bits per heavy atom. The van der Waals surface area contributed by atoms with E-state index in [2.05, 4.69) is 6.07 Å². The van der Waals surface area contributed by atoms with Gasteiger partial charge in [-0.2, -0.15) is 5.26 Å². The minimum atomic E-state index is -0.471. The number of carbonyl (C=O) groups excluding carboxylic acids is 1. The summed E-state index contributed by atoms with van der Waals surface area (Å²) in [5.41, 5.74) is 5.36. The smallest absolute Gasteiger partial charge is 0.161 e. The van der Waals surface area contributed by atoms with E-state index < -0.39 is 5.92 Å². The van der Waals surface area contributed by atoms with E-state index in [1.54, 1.807) is 0 Å². The van der Waals surface area contributed by atoms with Crippen LogP contribution in [0.5, 0.6) is 5.75 Å². The van der Waals surface area contributed by atoms with Crippen molar-refractivity contribution in [2.45, 2.75) is 38.2 Å². The first kappa shape index (κ1) is 23.1. The molecule has 0 saturated heterocycles. The van der Waals surface area contributed by atoms with E-state index >= 15 is 0 Å². The molecule has 5 rings (SSSR count). The number of hydrogen-bond acceptors (Lipinski definition) is 4. The van der Waals surface area contributed by atoms with Gasteiger partial charge in [0.1, 0.15) is 12.4 Å². The molecule has 2 aliphatic rings. The van der Waals surface area contributed by atoms with Crippen LogP contribution in [0.3, 0.4) is 0 Å². The van der Waals surface area contributed by atoms with Crippen LogP contribution in [-0.4, -0.2) is 11.5 Å². The van der Waals surface area contributed by atoms with Crippen LogP contribution >= 0.6 is 11.6 Å². The second kappa shape index (κ2) is 9.90. The number of halogens is 1. The lowest BCUT2D eigenvalue weighted by Gasteiger charge is -2.35. The third kappa shape index (κ3) is 4.78. The van der Waals surface area contributed by atoms with Crippen molar-refractivity contribution in [1.29, 1.82) is 5.26 Å². The van der Waals surface area contributed by atoms with Crippen molar-refractivity contribution in [2.24, 2.45) is 10.9 Å². The van der Waals surface area contributed by atoms with Crippen LogP contribution < -0.4 is 4.74 Å². The molecule has 1 heterocycles. The van der Waals surface area contributed by atoms with E-state index in [4.69, 9.17) is 21.3 Å². The minimum Gasteiger partial charge on any atom is -0.489 e. The van der Waals surface area contributed by atoms with Crippen molar-refractivity contribution in [3.8, 4) is 11.8 Å². The lowest BCUT2D eigenvalue weighted by molar-refractivity contribution is -0.116. The third-order valence-electron chi connectivity index (χ3n) is 6.86. The van der Waals surface area contributed by atoms with Crippen LogP contribution in [0.25, 0.3) is 0 Å². The van der Waals surface area contributed by atoms with Gasteiger partial charge in [0, 0.05) is 34.3 Å². The van der Waals surface area contributed by atoms with Crippen molar-refractivity contribution in [2.75, 3.05) is 0 Å². The zero-order valence-electron chi connectivity index (χ0n) is 19.4. The molecule has 5 heteroatoms. The quantitative estimate of drug-likeness (QED) is 0.394. The van der Waals surface area contributed by atoms with Gasteiger partial charge in [-0.15, -0.1) is 0 Å². The number of nitriles is 1. The highest BCUT2D eigenvalue weighted by Gasteiger charge is 2.41. The van der Waals surface area contributed by atoms with Gasteiger partial charge in [-0.05, 0) is 60.2 Å². The summed E-state index contributed by atoms with van der Waals surface area (Å²) >= 11 is 6.05. The van der Waals surface area contributed by atoms with Gasteiger partial charge in [0.2, 0.25) is 0 Å². The molecule has 0 amide bonds. The molecular weight excluding hydrogens is 456 g/mol. The number of rotatable bonds is 5. The number of ketones is 1. The second-order valence-electron chi connectivity index (χ2n) is 9.12. The molecule has 0 radical (unpaired) electrons. The van der Waals surface area contributed by atoms with Crippen LogP contribution in [0.15, 0.2) is 95.1 Å². The number of ether oxygens (including phenoxy) is 1. The monoisotopic (exact) mass is 480 g/mol. The molecule has 3 aromatic rings. The van der Waals surface area contributed by atoms with E-state index in [-0.39, 0.29) is 17.6 Å². The normalized spacial score (nSPS) is 21.7. The van der Waals surface area contributed by atoms with Crippen molar-refractivity contribution < 1.29 is 9.53 Å². The van der Waals surface area contributed by atoms with Gasteiger partial charge >= 0.3 is 0 Å². The first-order valence-corrected chi connectivity index (χ1v) is 12.1. The first-order valence-electron chi connectivity index (χ1n) is 11.8. The van der Waals surface area contributed by atoms with Crippen LogP contribution in [-0.2, 0) is 11.4 Å². The Bertz CT molecular complexity index is 1340. The second-order valence-corrected chi connectivity index (χ2v) is 9.56. The minimum absolute atomic E-state index is 0.0584. The summed E-state index contributed by atoms with van der Waals surface area (Å²) in [6.45, 7) is 2.37. The van der Waals surface area contributed by atoms with Gasteiger partial charge in [-0.25, -0.2) is 0 Å². The maximum absolute atomic E-state index is 13.5. The van der Waals surface area contributed by atoms with Crippen LogP contribution in [0, 0.1) is 17.2 Å². The van der Waals surface area contributed by atoms with Gasteiger partial charge in [-0.1, -0.05) is 66.2 Å². The standard InChI is InChI=1S/C30H25ClN2O2/c1-19-26(17-32)29(22-9-13-25(14-10-22)35-18-20-5-3-2-4-6-20)30-27(33-19)15-23(16-28(30)34)21-7-11-24(31)12-8-21/h2-14,23,26,29H,15-16,18H2,1H3/t23-,26?,29-/m1/s1. The molecule has 35 heavy (non-hydrogen) atoms. The topological polar surface area (TPSA) is 62.4 Å². The Balaban J connectivity index is 1.42. The molecule has 3 aromatic carbocycles. The number of carbonyl (C=O) groups is 1. The lowest BCUT2D eigenvalue weighted by atomic mass is 9.69. The van der Waals surface area contributed by atoms with E-state index in [1.165, 1.54) is 0 Å². The zero-order valence-corrected chi connectivity index (χ0v) is 20.2. The summed E-state index contributed by atoms with van der Waals surface area (Å²) in [5, 5.41) is 10.7. The molecule has 0 fully saturated rings. The molecule has 0 N–H and O–H groups in total. The first-order chi connectivity index (χ1) is 17.0. The average Bonchev–Trinajstić information content (AvgIpc) is 2.88. The van der Waals surface area contributed by atoms with Crippen LogP contribution in [0.4, 0.5) is 0 Å². The highest BCUT2D eigenvalue weighted by molar-refractivity contribution is 6.30. The Labute approximate surface area is 210 Å². The summed E-state index contributed by atoms with van der Waals surface area (Å²) in [7, 11) is 0. The SMILES string of the molecule is CC1=NC2=C(C(=O)C[C@H](c3ccc(Cl)cc3)C2)[C@H](c2ccc(OCc3ccccc3)cc2)C1C#N. The fraction of sp³-hybridized carbons (Fsp3) is 0.233. The lowest BCUT2D eigenvalue weighted by Crippen LogP contribution is -2.32. The molecule has 174 valence electrons. The van der Waals surface area contributed by atoms with Crippen molar-refractivity contribution in [1.82, 2.24) is 0 Å². The summed E-state index contributed by atoms with van der Waals surface area (Å²) in [4.78, 5) is 18.2. The summed E-state index contributed by atoms with van der Waals surface area (Å²) in [6.07, 6.45) is 1.08. The molecule has 0 saturated carbocycles. The number of hydrogen-bond donors (Lipinski definition) is 0. The van der Waals surface area contributed by atoms with E-state index in [9.17, 15) is 10.1 Å². The molecule has 0 bridgehead atoms. The van der Waals surface area contributed by atoms with E-state index in [1.807, 2.05) is 85.8 Å². The Morgan fingerprint density at radius 2 is 1.66 bits per heavy atom. The van der Waals surface area contributed by atoms with Gasteiger partial charge in [0.05, 0.1) is 12.0 Å². The van der Waals surface area contributed by atoms with Crippen LogP contribution in [0.1, 0.15) is 48.3 Å². The van der Waals surface area contributed by atoms with Crippen molar-refractivity contribution in [3.63, 3.8) is 0 Å². The molecule has 1 aliphatic heterocycles. The molecule has 3 atom stereocenters. The molecule has 1 aliphatic carbocycles. The highest BCUT2D eigenvalue weighted by atomic mass is 35.5.